The minimum absolute atomic E-state index is 0.00162. The number of aromatic nitrogens is 4. The fraction of sp³-hybridized carbons (Fsp3) is 0.0244. The van der Waals surface area contributed by atoms with Crippen molar-refractivity contribution in [3.05, 3.63) is 125 Å². The number of halogens is 2. The average molecular weight is 695 g/mol. The van der Waals surface area contributed by atoms with Crippen molar-refractivity contribution >= 4 is 47.8 Å². The van der Waals surface area contributed by atoms with Crippen molar-refractivity contribution in [2.45, 2.75) is 6.92 Å². The van der Waals surface area contributed by atoms with Crippen molar-refractivity contribution in [2.75, 3.05) is 0 Å². The summed E-state index contributed by atoms with van der Waals surface area (Å²) in [4.78, 5) is 20.1. The Kier molecular flexibility index (Phi) is 8.69. The summed E-state index contributed by atoms with van der Waals surface area (Å²) in [6, 6.07) is 33.8. The Morgan fingerprint density at radius 1 is 0.462 bits per heavy atom. The standard InChI is InChI=1S/C41H21F2N8P/c1-22-2-4-23(5-3-22)34-35(24-6-12-29(42)13-7-24)49-39-33(28(20-46)21-47)40-41(32(38(39)48-34)27(18-44)19-45)51-37(26-10-16-31(52)17-11-26)36(50-40)25-8-14-30(43)15-9-25/h2-17H,52H2,1H3. The fourth-order valence-corrected chi connectivity index (χ4v) is 6.11. The van der Waals surface area contributed by atoms with E-state index in [1.807, 2.05) is 79.7 Å². The number of hydrogen-bond donors (Lipinski definition) is 0. The zero-order chi connectivity index (χ0) is 36.5. The third-order valence-electron chi connectivity index (χ3n) is 8.43. The molecule has 1 atom stereocenters. The van der Waals surface area contributed by atoms with Crippen molar-refractivity contribution in [3.63, 3.8) is 0 Å². The number of nitriles is 4. The highest BCUT2D eigenvalue weighted by molar-refractivity contribution is 7.27. The van der Waals surface area contributed by atoms with Crippen molar-refractivity contribution in [2.24, 2.45) is 0 Å². The van der Waals surface area contributed by atoms with Gasteiger partial charge in [-0.05, 0) is 60.8 Å². The molecular weight excluding hydrogens is 673 g/mol. The molecule has 0 saturated carbocycles. The smallest absolute Gasteiger partial charge is 0.141 e. The molecule has 52 heavy (non-hydrogen) atoms. The van der Waals surface area contributed by atoms with Crippen LogP contribution in [0.2, 0.25) is 0 Å². The van der Waals surface area contributed by atoms with Gasteiger partial charge in [0, 0.05) is 22.3 Å². The third-order valence-corrected chi connectivity index (χ3v) is 8.82. The summed E-state index contributed by atoms with van der Waals surface area (Å²) in [7, 11) is 2.61. The molecule has 0 bridgehead atoms. The van der Waals surface area contributed by atoms with E-state index in [0.29, 0.717) is 33.6 Å². The van der Waals surface area contributed by atoms with E-state index in [1.54, 1.807) is 0 Å². The zero-order valence-electron chi connectivity index (χ0n) is 27.1. The van der Waals surface area contributed by atoms with Crippen LogP contribution in [0.3, 0.4) is 0 Å². The molecule has 2 heterocycles. The molecule has 0 fully saturated rings. The molecule has 0 radical (unpaired) electrons. The van der Waals surface area contributed by atoms with Gasteiger partial charge in [0.25, 0.3) is 0 Å². The second-order valence-electron chi connectivity index (χ2n) is 11.7. The monoisotopic (exact) mass is 694 g/mol. The van der Waals surface area contributed by atoms with Gasteiger partial charge in [0.05, 0.1) is 33.2 Å². The third kappa shape index (κ3) is 5.87. The quantitative estimate of drug-likeness (QED) is 0.146. The van der Waals surface area contributed by atoms with Crippen LogP contribution < -0.4 is 15.7 Å². The molecular formula is C41H21F2N8P. The topological polar surface area (TPSA) is 147 Å². The summed E-state index contributed by atoms with van der Waals surface area (Å²) in [6.07, 6.45) is 0. The number of aryl methyl sites for hydroxylation is 1. The molecule has 244 valence electrons. The van der Waals surface area contributed by atoms with Gasteiger partial charge in [-0.25, -0.2) is 28.7 Å². The number of nitrogens with zero attached hydrogens (tertiary/aromatic N) is 8. The summed E-state index contributed by atoms with van der Waals surface area (Å²) >= 11 is 0. The van der Waals surface area contributed by atoms with E-state index in [-0.39, 0.29) is 55.0 Å². The van der Waals surface area contributed by atoms with Crippen LogP contribution in [0.5, 0.6) is 0 Å². The Balaban J connectivity index is 1.79. The van der Waals surface area contributed by atoms with E-state index in [2.05, 4.69) is 9.24 Å². The molecule has 0 aliphatic heterocycles. The Hall–Kier alpha value is -7.23. The molecule has 0 amide bonds. The highest BCUT2D eigenvalue weighted by Crippen LogP contribution is 2.33. The SMILES string of the molecule is Cc1ccc(-c2nc3c(=C(C#N)C#N)c4nc(-c5ccc(P)cc5)c(-c5ccc(F)cc5)nc4c(=C(C#N)C#N)c3nc2-c2ccc(F)cc2)cc1. The maximum atomic E-state index is 14.1. The van der Waals surface area contributed by atoms with Crippen LogP contribution in [0.25, 0.3) is 78.2 Å². The van der Waals surface area contributed by atoms with Crippen LogP contribution in [0.1, 0.15) is 5.56 Å². The van der Waals surface area contributed by atoms with Gasteiger partial charge in [0.15, 0.2) is 0 Å². The van der Waals surface area contributed by atoms with Crippen LogP contribution in [0, 0.1) is 63.9 Å². The lowest BCUT2D eigenvalue weighted by atomic mass is 9.99. The van der Waals surface area contributed by atoms with E-state index in [9.17, 15) is 29.8 Å². The number of fused-ring (bicyclic) bond motifs is 2. The maximum absolute atomic E-state index is 14.1. The Morgan fingerprint density at radius 2 is 0.731 bits per heavy atom. The van der Waals surface area contributed by atoms with Crippen molar-refractivity contribution < 1.29 is 8.78 Å². The first-order valence-electron chi connectivity index (χ1n) is 15.6. The van der Waals surface area contributed by atoms with E-state index in [0.717, 1.165) is 10.9 Å². The van der Waals surface area contributed by atoms with Crippen molar-refractivity contribution in [1.29, 1.82) is 21.0 Å². The normalized spacial score (nSPS) is 10.6. The zero-order valence-corrected chi connectivity index (χ0v) is 28.3. The van der Waals surface area contributed by atoms with Gasteiger partial charge in [0.1, 0.15) is 69.1 Å². The van der Waals surface area contributed by atoms with Crippen molar-refractivity contribution in [3.8, 4) is 69.3 Å². The van der Waals surface area contributed by atoms with Gasteiger partial charge in [-0.3, -0.25) is 0 Å². The van der Waals surface area contributed by atoms with Crippen LogP contribution in [0.15, 0.2) is 97.1 Å². The molecule has 0 spiro atoms. The number of hydrogen-bond acceptors (Lipinski definition) is 8. The Bertz CT molecular complexity index is 2500. The first-order chi connectivity index (χ1) is 25.2. The van der Waals surface area contributed by atoms with Gasteiger partial charge >= 0.3 is 0 Å². The lowest BCUT2D eigenvalue weighted by molar-refractivity contribution is 0.627. The molecule has 0 aliphatic rings. The summed E-state index contributed by atoms with van der Waals surface area (Å²) in [5.74, 6) is -0.942. The fourth-order valence-electron chi connectivity index (χ4n) is 5.91. The lowest BCUT2D eigenvalue weighted by Crippen LogP contribution is -2.24. The highest BCUT2D eigenvalue weighted by atomic mass is 31.0. The minimum Gasteiger partial charge on any atom is -0.243 e. The molecule has 7 rings (SSSR count). The minimum atomic E-state index is -0.472. The Morgan fingerprint density at radius 3 is 1.02 bits per heavy atom. The second kappa shape index (κ2) is 13.6. The van der Waals surface area contributed by atoms with E-state index < -0.39 is 11.6 Å². The highest BCUT2D eigenvalue weighted by Gasteiger charge is 2.24. The molecule has 8 nitrogen and oxygen atoms in total. The molecule has 1 unspecified atom stereocenters. The summed E-state index contributed by atoms with van der Waals surface area (Å²) in [6.45, 7) is 1.93. The molecule has 5 aromatic carbocycles. The van der Waals surface area contributed by atoms with Gasteiger partial charge < -0.3 is 0 Å². The number of rotatable bonds is 4. The van der Waals surface area contributed by atoms with Crippen LogP contribution in [-0.2, 0) is 0 Å². The van der Waals surface area contributed by atoms with Crippen LogP contribution >= 0.6 is 9.24 Å². The van der Waals surface area contributed by atoms with Crippen LogP contribution in [0.4, 0.5) is 8.78 Å². The van der Waals surface area contributed by atoms with E-state index >= 15 is 0 Å². The second-order valence-corrected chi connectivity index (χ2v) is 12.4. The van der Waals surface area contributed by atoms with Gasteiger partial charge in [-0.1, -0.05) is 54.1 Å². The summed E-state index contributed by atoms with van der Waals surface area (Å²) in [5, 5.41) is 42.2. The first-order valence-corrected chi connectivity index (χ1v) is 16.2. The maximum Gasteiger partial charge on any atom is 0.141 e. The largest absolute Gasteiger partial charge is 0.243 e. The van der Waals surface area contributed by atoms with Gasteiger partial charge in [-0.2, -0.15) is 21.0 Å². The Labute approximate surface area is 297 Å². The molecule has 0 saturated heterocycles. The first kappa shape index (κ1) is 33.3. The summed E-state index contributed by atoms with van der Waals surface area (Å²) in [5.41, 5.74) is 3.73. The van der Waals surface area contributed by atoms with Gasteiger partial charge in [0.2, 0.25) is 0 Å². The predicted octanol–water partition coefficient (Wildman–Crippen LogP) is 6.72. The van der Waals surface area contributed by atoms with Crippen LogP contribution in [-0.4, -0.2) is 19.9 Å². The molecule has 11 heteroatoms. The molecule has 7 aromatic rings. The predicted molar refractivity (Wildman–Crippen MR) is 197 cm³/mol. The lowest BCUT2D eigenvalue weighted by Gasteiger charge is -2.15. The van der Waals surface area contributed by atoms with Crippen molar-refractivity contribution in [1.82, 2.24) is 19.9 Å². The molecule has 2 aromatic heterocycles. The molecule has 0 N–H and O–H groups in total. The molecule has 0 aliphatic carbocycles. The van der Waals surface area contributed by atoms with Gasteiger partial charge in [-0.15, -0.1) is 9.24 Å². The average Bonchev–Trinajstić information content (AvgIpc) is 3.16. The summed E-state index contributed by atoms with van der Waals surface area (Å²) < 4.78 is 28.3. The van der Waals surface area contributed by atoms with E-state index in [1.165, 1.54) is 48.5 Å². The number of benzene rings is 5. The van der Waals surface area contributed by atoms with E-state index in [4.69, 9.17) is 19.9 Å².